The Labute approximate surface area is 278 Å². The van der Waals surface area contributed by atoms with Crippen molar-refractivity contribution in [1.82, 2.24) is 10.2 Å². The minimum absolute atomic E-state index is 0.00827. The summed E-state index contributed by atoms with van der Waals surface area (Å²) in [6.45, 7) is 2.45. The summed E-state index contributed by atoms with van der Waals surface area (Å²) in [5.41, 5.74) is 4.50. The van der Waals surface area contributed by atoms with E-state index in [4.69, 9.17) is 20.3 Å². The summed E-state index contributed by atoms with van der Waals surface area (Å²) in [4.78, 5) is 41.2. The second kappa shape index (κ2) is 14.1. The van der Waals surface area contributed by atoms with Gasteiger partial charge in [-0.2, -0.15) is 0 Å². The van der Waals surface area contributed by atoms with E-state index >= 15 is 0 Å². The number of Topliss-reactive ketones (excluding diaryl/α,β-unsaturated/α-hetero) is 2. The number of nitrogens with two attached hydrogens (primary N) is 1. The number of rotatable bonds is 13. The van der Waals surface area contributed by atoms with Crippen LogP contribution in [0.25, 0.3) is 16.9 Å². The van der Waals surface area contributed by atoms with Gasteiger partial charge >= 0.3 is 0 Å². The first kappa shape index (κ1) is 35.0. The topological polar surface area (TPSA) is 212 Å². The average Bonchev–Trinajstić information content (AvgIpc) is 3.03. The highest BCUT2D eigenvalue weighted by atomic mass is 16.5. The Bertz CT molecular complexity index is 1680. The number of hydrogen-bond donors (Lipinski definition) is 7. The number of ether oxygens (including phenoxy) is 2. The molecule has 3 aliphatic carbocycles. The predicted molar refractivity (Wildman–Crippen MR) is 175 cm³/mol. The molecule has 0 spiro atoms. The lowest BCUT2D eigenvalue weighted by Gasteiger charge is -2.50. The Morgan fingerprint density at radius 1 is 1.08 bits per heavy atom. The van der Waals surface area contributed by atoms with Crippen LogP contribution in [0, 0.1) is 11.8 Å². The van der Waals surface area contributed by atoms with Crippen LogP contribution in [0.3, 0.4) is 0 Å². The van der Waals surface area contributed by atoms with Gasteiger partial charge in [0, 0.05) is 43.4 Å². The number of amides is 1. The zero-order valence-electron chi connectivity index (χ0n) is 27.3. The highest BCUT2D eigenvalue weighted by Crippen LogP contribution is 2.54. The van der Waals surface area contributed by atoms with Gasteiger partial charge in [0.1, 0.15) is 28.6 Å². The molecule has 0 bridgehead atoms. The van der Waals surface area contributed by atoms with Crippen molar-refractivity contribution in [3.8, 4) is 22.6 Å². The molecule has 48 heavy (non-hydrogen) atoms. The Hall–Kier alpha value is -4.27. The summed E-state index contributed by atoms with van der Waals surface area (Å²) in [5, 5.41) is 57.8. The van der Waals surface area contributed by atoms with Crippen LogP contribution in [-0.2, 0) is 32.1 Å². The summed E-state index contributed by atoms with van der Waals surface area (Å²) in [7, 11) is 4.66. The molecule has 4 atom stereocenters. The number of likely N-dealkylation sites (N-methyl/N-ethyl adjacent to an activating group) is 1. The SMILES string of the molecule is COc1ccc(CNCCCOCCCO)cc1-c1ccc(O)c2c1C[C@H]1C[C@H]3[C@H](N(C)C)C(=O)C(C(N)=O)=C(O)[C@@]3(O)C(=O)C1=C2O. The van der Waals surface area contributed by atoms with E-state index in [9.17, 15) is 34.8 Å². The highest BCUT2D eigenvalue weighted by Gasteiger charge is 2.64. The van der Waals surface area contributed by atoms with E-state index in [-0.39, 0.29) is 36.3 Å². The number of phenols is 1. The summed E-state index contributed by atoms with van der Waals surface area (Å²) >= 11 is 0. The molecule has 1 fully saturated rings. The largest absolute Gasteiger partial charge is 0.508 e. The standard InChI is InChI=1S/C35H43N3O10/c1-38(2)29-23-16-19-15-22-20(21-14-18(6-9-25(21)47-3)17-37-10-4-12-48-13-5-11-39)7-8-24(40)27(22)30(41)26(19)32(43)35(23,46)33(44)28(31(29)42)34(36)45/h6-9,14,19,23,29,37,39-41,44,46H,4-5,10-13,15-17H2,1-3H3,(H2,36,45)/t19-,23-,29-,35-/m0/s1. The molecule has 0 saturated heterocycles. The van der Waals surface area contributed by atoms with Crippen molar-refractivity contribution in [3.63, 3.8) is 0 Å². The van der Waals surface area contributed by atoms with Crippen LogP contribution in [-0.4, -0.2) is 107 Å². The molecule has 13 nitrogen and oxygen atoms in total. The van der Waals surface area contributed by atoms with E-state index in [1.807, 2.05) is 18.2 Å². The molecule has 2 aromatic carbocycles. The molecule has 0 aromatic heterocycles. The summed E-state index contributed by atoms with van der Waals surface area (Å²) in [6, 6.07) is 7.67. The third-order valence-electron chi connectivity index (χ3n) is 9.58. The molecule has 258 valence electrons. The van der Waals surface area contributed by atoms with Crippen LogP contribution < -0.4 is 15.8 Å². The van der Waals surface area contributed by atoms with E-state index in [1.165, 1.54) is 11.0 Å². The number of aliphatic hydroxyl groups is 4. The lowest BCUT2D eigenvalue weighted by molar-refractivity contribution is -0.153. The highest BCUT2D eigenvalue weighted by molar-refractivity contribution is 6.24. The minimum Gasteiger partial charge on any atom is -0.508 e. The van der Waals surface area contributed by atoms with Crippen molar-refractivity contribution in [2.45, 2.75) is 43.9 Å². The number of carbonyl (C=O) groups excluding carboxylic acids is 3. The first-order valence-corrected chi connectivity index (χ1v) is 15.9. The summed E-state index contributed by atoms with van der Waals surface area (Å²) in [5.74, 6) is -6.43. The molecule has 1 amide bonds. The van der Waals surface area contributed by atoms with E-state index < -0.39 is 58.0 Å². The van der Waals surface area contributed by atoms with Crippen molar-refractivity contribution in [3.05, 3.63) is 63.9 Å². The third kappa shape index (κ3) is 5.96. The zero-order valence-corrected chi connectivity index (χ0v) is 27.3. The number of hydrogen-bond acceptors (Lipinski definition) is 12. The minimum atomic E-state index is -2.70. The molecular weight excluding hydrogens is 622 g/mol. The second-order valence-corrected chi connectivity index (χ2v) is 12.7. The number of aromatic hydroxyl groups is 1. The first-order chi connectivity index (χ1) is 22.9. The second-order valence-electron chi connectivity index (χ2n) is 12.7. The van der Waals surface area contributed by atoms with Crippen molar-refractivity contribution in [2.24, 2.45) is 17.6 Å². The van der Waals surface area contributed by atoms with Crippen LogP contribution >= 0.6 is 0 Å². The number of primary amides is 1. The van der Waals surface area contributed by atoms with Crippen molar-refractivity contribution < 1.29 is 49.4 Å². The fraction of sp³-hybridized carbons (Fsp3) is 0.457. The van der Waals surface area contributed by atoms with Gasteiger partial charge in [-0.25, -0.2) is 0 Å². The van der Waals surface area contributed by atoms with Crippen LogP contribution in [0.2, 0.25) is 0 Å². The van der Waals surface area contributed by atoms with Crippen LogP contribution in [0.15, 0.2) is 47.2 Å². The molecule has 0 radical (unpaired) electrons. The number of carbonyl (C=O) groups is 3. The molecule has 13 heteroatoms. The molecule has 3 aliphatic rings. The lowest BCUT2D eigenvalue weighted by atomic mass is 9.57. The number of benzene rings is 2. The van der Waals surface area contributed by atoms with Crippen molar-refractivity contribution >= 4 is 23.2 Å². The Morgan fingerprint density at radius 2 is 1.81 bits per heavy atom. The van der Waals surface area contributed by atoms with Crippen LogP contribution in [0.1, 0.15) is 36.0 Å². The van der Waals surface area contributed by atoms with Gasteiger partial charge in [0.05, 0.1) is 18.7 Å². The van der Waals surface area contributed by atoms with Crippen LogP contribution in [0.4, 0.5) is 0 Å². The maximum atomic E-state index is 14.1. The van der Waals surface area contributed by atoms with Gasteiger partial charge in [0.25, 0.3) is 5.91 Å². The van der Waals surface area contributed by atoms with E-state index in [0.29, 0.717) is 55.2 Å². The maximum Gasteiger partial charge on any atom is 0.255 e. The lowest BCUT2D eigenvalue weighted by Crippen LogP contribution is -2.65. The quantitative estimate of drug-likeness (QED) is 0.120. The zero-order chi connectivity index (χ0) is 34.9. The molecule has 2 aromatic rings. The first-order valence-electron chi connectivity index (χ1n) is 15.9. The number of fused-ring (bicyclic) bond motifs is 3. The van der Waals surface area contributed by atoms with Crippen LogP contribution in [0.5, 0.6) is 11.5 Å². The molecule has 0 heterocycles. The van der Waals surface area contributed by atoms with Crippen molar-refractivity contribution in [1.29, 1.82) is 0 Å². The molecule has 1 saturated carbocycles. The Morgan fingerprint density at radius 3 is 2.48 bits per heavy atom. The molecule has 8 N–H and O–H groups in total. The van der Waals surface area contributed by atoms with Gasteiger partial charge in [-0.1, -0.05) is 12.1 Å². The summed E-state index contributed by atoms with van der Waals surface area (Å²) < 4.78 is 11.2. The van der Waals surface area contributed by atoms with Gasteiger partial charge in [-0.3, -0.25) is 19.3 Å². The fourth-order valence-electron chi connectivity index (χ4n) is 7.37. The number of aliphatic hydroxyl groups excluding tert-OH is 3. The van der Waals surface area contributed by atoms with Gasteiger partial charge in [0.15, 0.2) is 11.4 Å². The number of phenolic OH excluding ortho intramolecular Hbond substituents is 1. The molecular formula is C35H43N3O10. The van der Waals surface area contributed by atoms with Gasteiger partial charge in [-0.05, 0) is 87.1 Å². The van der Waals surface area contributed by atoms with E-state index in [0.717, 1.165) is 12.0 Å². The Balaban J connectivity index is 1.53. The van der Waals surface area contributed by atoms with Gasteiger partial charge < -0.3 is 46.1 Å². The number of nitrogens with zero attached hydrogens (tertiary/aromatic N) is 1. The average molecular weight is 666 g/mol. The molecule has 0 unspecified atom stereocenters. The summed E-state index contributed by atoms with van der Waals surface area (Å²) in [6.07, 6.45) is 1.54. The Kier molecular flexibility index (Phi) is 10.3. The third-order valence-corrected chi connectivity index (χ3v) is 9.58. The molecule has 5 rings (SSSR count). The van der Waals surface area contributed by atoms with Gasteiger partial charge in [0.2, 0.25) is 5.78 Å². The monoisotopic (exact) mass is 665 g/mol. The number of ketones is 2. The number of nitrogens with one attached hydrogen (secondary N) is 1. The van der Waals surface area contributed by atoms with E-state index in [1.54, 1.807) is 27.3 Å². The smallest absolute Gasteiger partial charge is 0.255 e. The normalized spacial score (nSPS) is 23.7. The molecule has 0 aliphatic heterocycles. The number of methoxy groups -OCH3 is 1. The maximum absolute atomic E-state index is 14.1. The van der Waals surface area contributed by atoms with E-state index in [2.05, 4.69) is 5.32 Å². The fourth-order valence-corrected chi connectivity index (χ4v) is 7.37. The van der Waals surface area contributed by atoms with Gasteiger partial charge in [-0.15, -0.1) is 0 Å². The van der Waals surface area contributed by atoms with Crippen molar-refractivity contribution in [2.75, 3.05) is 47.6 Å². The predicted octanol–water partition coefficient (Wildman–Crippen LogP) is 1.52.